The predicted octanol–water partition coefficient (Wildman–Crippen LogP) is 2.57. The smallest absolute Gasteiger partial charge is 0.223 e. The van der Waals surface area contributed by atoms with Crippen LogP contribution in [0.5, 0.6) is 5.75 Å². The molecule has 1 N–H and O–H groups in total. The summed E-state index contributed by atoms with van der Waals surface area (Å²) in [5, 5.41) is 7.75. The highest BCUT2D eigenvalue weighted by Crippen LogP contribution is 2.30. The molecule has 3 rings (SSSR count). The number of aryl methyl sites for hydroxylation is 1. The molecule has 2 aromatic rings. The molecule has 1 aromatic carbocycles. The lowest BCUT2D eigenvalue weighted by Crippen LogP contribution is -2.34. The number of hydrogen-bond donors (Lipinski definition) is 1. The summed E-state index contributed by atoms with van der Waals surface area (Å²) in [5.74, 6) is 4.38. The number of nitrogens with one attached hydrogen (secondary N) is 1. The molecular formula is C15H19N3O2S. The Morgan fingerprint density at radius 2 is 2.29 bits per heavy atom. The van der Waals surface area contributed by atoms with Crippen molar-refractivity contribution in [1.82, 2.24) is 15.5 Å². The Bertz CT molecular complexity index is 596. The second-order valence-corrected chi connectivity index (χ2v) is 6.22. The normalized spacial score (nSPS) is 19.6. The molecule has 1 aliphatic rings. The maximum Gasteiger partial charge on any atom is 0.223 e. The van der Waals surface area contributed by atoms with Gasteiger partial charge in [0.25, 0.3) is 0 Å². The van der Waals surface area contributed by atoms with Gasteiger partial charge in [0.05, 0.1) is 7.11 Å². The second-order valence-electron chi connectivity index (χ2n) is 5.07. The highest BCUT2D eigenvalue weighted by atomic mass is 32.2. The molecule has 1 fully saturated rings. The summed E-state index contributed by atoms with van der Waals surface area (Å²) in [6.45, 7) is 1.81. The molecule has 0 spiro atoms. The van der Waals surface area contributed by atoms with Crippen molar-refractivity contribution >= 4 is 11.8 Å². The van der Waals surface area contributed by atoms with Crippen molar-refractivity contribution in [1.29, 1.82) is 0 Å². The molecule has 0 saturated carbocycles. The molecule has 2 heterocycles. The topological polar surface area (TPSA) is 60.2 Å². The Balaban J connectivity index is 1.94. The van der Waals surface area contributed by atoms with Crippen LogP contribution >= 0.6 is 11.8 Å². The number of para-hydroxylation sites is 1. The van der Waals surface area contributed by atoms with Gasteiger partial charge in [-0.1, -0.05) is 23.4 Å². The lowest BCUT2D eigenvalue weighted by Gasteiger charge is -2.22. The zero-order valence-corrected chi connectivity index (χ0v) is 13.0. The van der Waals surface area contributed by atoms with Gasteiger partial charge in [0.1, 0.15) is 11.8 Å². The number of benzene rings is 1. The molecule has 0 amide bonds. The molecular weight excluding hydrogens is 286 g/mol. The molecule has 0 radical (unpaired) electrons. The van der Waals surface area contributed by atoms with Crippen LogP contribution in [0.1, 0.15) is 29.7 Å². The summed E-state index contributed by atoms with van der Waals surface area (Å²) in [5.41, 5.74) is 1.04. The van der Waals surface area contributed by atoms with Crippen LogP contribution in [0.4, 0.5) is 0 Å². The third-order valence-corrected chi connectivity index (χ3v) is 4.75. The van der Waals surface area contributed by atoms with Gasteiger partial charge in [-0.3, -0.25) is 5.32 Å². The highest BCUT2D eigenvalue weighted by Gasteiger charge is 2.27. The Morgan fingerprint density at radius 3 is 2.95 bits per heavy atom. The monoisotopic (exact) mass is 305 g/mol. The number of nitrogens with zero attached hydrogens (tertiary/aromatic N) is 2. The first-order valence-electron chi connectivity index (χ1n) is 7.05. The summed E-state index contributed by atoms with van der Waals surface area (Å²) >= 11 is 1.97. The van der Waals surface area contributed by atoms with Crippen molar-refractivity contribution < 1.29 is 9.26 Å². The highest BCUT2D eigenvalue weighted by molar-refractivity contribution is 7.99. The van der Waals surface area contributed by atoms with Crippen molar-refractivity contribution in [3.8, 4) is 5.75 Å². The zero-order chi connectivity index (χ0) is 14.7. The summed E-state index contributed by atoms with van der Waals surface area (Å²) in [7, 11) is 1.68. The first-order chi connectivity index (χ1) is 10.3. The Morgan fingerprint density at radius 1 is 1.43 bits per heavy atom. The number of methoxy groups -OCH3 is 1. The molecule has 5 nitrogen and oxygen atoms in total. The third-order valence-electron chi connectivity index (χ3n) is 3.58. The van der Waals surface area contributed by atoms with E-state index in [4.69, 9.17) is 9.26 Å². The van der Waals surface area contributed by atoms with Crippen LogP contribution in [0.25, 0.3) is 0 Å². The van der Waals surface area contributed by atoms with E-state index in [9.17, 15) is 0 Å². The fourth-order valence-corrected chi connectivity index (χ4v) is 3.71. The van der Waals surface area contributed by atoms with E-state index in [-0.39, 0.29) is 6.04 Å². The van der Waals surface area contributed by atoms with Gasteiger partial charge in [0, 0.05) is 24.3 Å². The maximum atomic E-state index is 5.49. The maximum absolute atomic E-state index is 5.49. The number of hydrogen-bond acceptors (Lipinski definition) is 6. The average molecular weight is 305 g/mol. The van der Waals surface area contributed by atoms with Gasteiger partial charge in [-0.05, 0) is 18.2 Å². The molecule has 0 bridgehead atoms. The van der Waals surface area contributed by atoms with E-state index in [1.807, 2.05) is 36.0 Å². The molecule has 6 heteroatoms. The van der Waals surface area contributed by atoms with Gasteiger partial charge in [-0.2, -0.15) is 16.7 Å². The van der Waals surface area contributed by atoms with Crippen LogP contribution in [0.3, 0.4) is 0 Å². The molecule has 1 aliphatic heterocycles. The average Bonchev–Trinajstić information content (AvgIpc) is 3.16. The van der Waals surface area contributed by atoms with E-state index in [0.717, 1.165) is 23.5 Å². The predicted molar refractivity (Wildman–Crippen MR) is 82.7 cm³/mol. The largest absolute Gasteiger partial charge is 0.496 e. The van der Waals surface area contributed by atoms with Crippen LogP contribution < -0.4 is 10.1 Å². The lowest BCUT2D eigenvalue weighted by atomic mass is 10.0. The lowest BCUT2D eigenvalue weighted by molar-refractivity contribution is 0.372. The summed E-state index contributed by atoms with van der Waals surface area (Å²) < 4.78 is 10.6. The van der Waals surface area contributed by atoms with Crippen molar-refractivity contribution in [2.45, 2.75) is 25.4 Å². The Kier molecular flexibility index (Phi) is 4.45. The van der Waals surface area contributed by atoms with Crippen molar-refractivity contribution in [2.24, 2.45) is 0 Å². The van der Waals surface area contributed by atoms with Crippen LogP contribution in [-0.4, -0.2) is 34.8 Å². The van der Waals surface area contributed by atoms with Gasteiger partial charge in [-0.25, -0.2) is 0 Å². The van der Waals surface area contributed by atoms with E-state index in [1.165, 1.54) is 5.75 Å². The quantitative estimate of drug-likeness (QED) is 0.916. The van der Waals surface area contributed by atoms with Gasteiger partial charge in [0.15, 0.2) is 5.82 Å². The number of thioether (sulfide) groups is 1. The van der Waals surface area contributed by atoms with Crippen LogP contribution in [-0.2, 0) is 0 Å². The van der Waals surface area contributed by atoms with E-state index in [1.54, 1.807) is 14.0 Å². The molecule has 112 valence electrons. The molecule has 1 saturated heterocycles. The van der Waals surface area contributed by atoms with Crippen LogP contribution in [0.15, 0.2) is 28.8 Å². The van der Waals surface area contributed by atoms with Gasteiger partial charge >= 0.3 is 0 Å². The van der Waals surface area contributed by atoms with Crippen LogP contribution in [0.2, 0.25) is 0 Å². The molecule has 21 heavy (non-hydrogen) atoms. The molecule has 2 atom stereocenters. The van der Waals surface area contributed by atoms with E-state index < -0.39 is 0 Å². The van der Waals surface area contributed by atoms with Gasteiger partial charge in [-0.15, -0.1) is 0 Å². The number of aromatic nitrogens is 2. The Labute approximate surface area is 128 Å². The third kappa shape index (κ3) is 3.22. The minimum Gasteiger partial charge on any atom is -0.496 e. The van der Waals surface area contributed by atoms with Gasteiger partial charge < -0.3 is 9.26 Å². The molecule has 0 aliphatic carbocycles. The second kappa shape index (κ2) is 6.49. The summed E-state index contributed by atoms with van der Waals surface area (Å²) in [6, 6.07) is 8.32. The molecule has 1 aromatic heterocycles. The van der Waals surface area contributed by atoms with Crippen molar-refractivity contribution in [2.75, 3.05) is 18.6 Å². The zero-order valence-electron chi connectivity index (χ0n) is 12.2. The number of rotatable bonds is 5. The minimum atomic E-state index is -0.109. The summed E-state index contributed by atoms with van der Waals surface area (Å²) in [4.78, 5) is 4.40. The minimum absolute atomic E-state index is 0.109. The Hall–Kier alpha value is -1.53. The van der Waals surface area contributed by atoms with Crippen molar-refractivity contribution in [3.63, 3.8) is 0 Å². The number of ether oxygens (including phenoxy) is 1. The molecule has 0 unspecified atom stereocenters. The van der Waals surface area contributed by atoms with Gasteiger partial charge in [0.2, 0.25) is 5.89 Å². The van der Waals surface area contributed by atoms with E-state index >= 15 is 0 Å². The summed E-state index contributed by atoms with van der Waals surface area (Å²) in [6.07, 6.45) is 1.16. The first-order valence-corrected chi connectivity index (χ1v) is 8.20. The van der Waals surface area contributed by atoms with Crippen molar-refractivity contribution in [3.05, 3.63) is 41.5 Å². The SMILES string of the molecule is COc1ccccc1[C@H](N[C@@H]1CCSC1)c1noc(C)n1. The van der Waals surface area contributed by atoms with E-state index in [2.05, 4.69) is 15.5 Å². The van der Waals surface area contributed by atoms with E-state index in [0.29, 0.717) is 17.8 Å². The first kappa shape index (κ1) is 14.4. The van der Waals surface area contributed by atoms with Crippen LogP contribution in [0, 0.1) is 6.92 Å². The fraction of sp³-hybridized carbons (Fsp3) is 0.467. The fourth-order valence-electron chi connectivity index (χ4n) is 2.54. The standard InChI is InChI=1S/C15H19N3O2S/c1-10-16-15(18-20-10)14(17-11-7-8-21-9-11)12-5-3-4-6-13(12)19-2/h3-6,11,14,17H,7-9H2,1-2H3/t11-,14+/m1/s1.